The van der Waals surface area contributed by atoms with Crippen molar-refractivity contribution in [1.82, 2.24) is 5.32 Å². The SMILES string of the molecule is O=CC1([N+](=O)[O-])NCc2ccccc21. The minimum atomic E-state index is -1.74. The first kappa shape index (κ1) is 8.83. The van der Waals surface area contributed by atoms with Gasteiger partial charge in [-0.3, -0.25) is 14.9 Å². The largest absolute Gasteiger partial charge is 0.356 e. The van der Waals surface area contributed by atoms with Gasteiger partial charge in [-0.1, -0.05) is 18.2 Å². The molecule has 1 N–H and O–H groups in total. The zero-order valence-corrected chi connectivity index (χ0v) is 7.27. The van der Waals surface area contributed by atoms with E-state index in [4.69, 9.17) is 0 Å². The fourth-order valence-corrected chi connectivity index (χ4v) is 1.68. The summed E-state index contributed by atoms with van der Waals surface area (Å²) in [4.78, 5) is 21.1. The van der Waals surface area contributed by atoms with Crippen LogP contribution < -0.4 is 5.32 Å². The van der Waals surface area contributed by atoms with Crippen molar-refractivity contribution >= 4 is 6.29 Å². The maximum Gasteiger partial charge on any atom is 0.356 e. The van der Waals surface area contributed by atoms with Crippen LogP contribution in [0.25, 0.3) is 0 Å². The molecule has 0 amide bonds. The van der Waals surface area contributed by atoms with E-state index < -0.39 is 10.6 Å². The van der Waals surface area contributed by atoms with Crippen molar-refractivity contribution in [2.24, 2.45) is 0 Å². The van der Waals surface area contributed by atoms with Gasteiger partial charge in [0.15, 0.2) is 0 Å². The fourth-order valence-electron chi connectivity index (χ4n) is 1.68. The average Bonchev–Trinajstić information content (AvgIpc) is 2.57. The van der Waals surface area contributed by atoms with Crippen LogP contribution >= 0.6 is 0 Å². The fraction of sp³-hybridized carbons (Fsp3) is 0.222. The quantitative estimate of drug-likeness (QED) is 0.418. The number of nitrogens with one attached hydrogen (secondary N) is 1. The van der Waals surface area contributed by atoms with Gasteiger partial charge in [-0.25, -0.2) is 5.32 Å². The zero-order chi connectivity index (χ0) is 10.2. The minimum absolute atomic E-state index is 0.346. The van der Waals surface area contributed by atoms with Crippen molar-refractivity contribution < 1.29 is 9.72 Å². The average molecular weight is 192 g/mol. The van der Waals surface area contributed by atoms with E-state index in [0.29, 0.717) is 18.4 Å². The Bertz CT molecular complexity index is 405. The molecule has 1 aliphatic rings. The minimum Gasteiger partial charge on any atom is -0.293 e. The molecule has 0 fully saturated rings. The number of nitro groups is 1. The Morgan fingerprint density at radius 3 is 2.86 bits per heavy atom. The lowest BCUT2D eigenvalue weighted by Gasteiger charge is -2.13. The Labute approximate surface area is 79.9 Å². The number of rotatable bonds is 2. The number of carbonyl (C=O) groups is 1. The van der Waals surface area contributed by atoms with Gasteiger partial charge in [0, 0.05) is 6.54 Å². The van der Waals surface area contributed by atoms with E-state index in [-0.39, 0.29) is 0 Å². The molecule has 0 spiro atoms. The van der Waals surface area contributed by atoms with Gasteiger partial charge >= 0.3 is 5.66 Å². The van der Waals surface area contributed by atoms with E-state index in [0.717, 1.165) is 5.56 Å². The molecule has 0 saturated heterocycles. The molecule has 0 saturated carbocycles. The van der Waals surface area contributed by atoms with E-state index in [1.807, 2.05) is 0 Å². The van der Waals surface area contributed by atoms with Gasteiger partial charge in [-0.15, -0.1) is 0 Å². The first-order valence-electron chi connectivity index (χ1n) is 4.15. The lowest BCUT2D eigenvalue weighted by molar-refractivity contribution is -0.564. The monoisotopic (exact) mass is 192 g/mol. The van der Waals surface area contributed by atoms with Crippen molar-refractivity contribution in [3.63, 3.8) is 0 Å². The van der Waals surface area contributed by atoms with Crippen LogP contribution in [0.1, 0.15) is 11.1 Å². The van der Waals surface area contributed by atoms with Crippen molar-refractivity contribution in [2.75, 3.05) is 0 Å². The molecule has 5 heteroatoms. The highest BCUT2D eigenvalue weighted by molar-refractivity contribution is 5.67. The summed E-state index contributed by atoms with van der Waals surface area (Å²) in [6.45, 7) is 0.357. The van der Waals surface area contributed by atoms with Gasteiger partial charge in [-0.05, 0) is 11.6 Å². The van der Waals surface area contributed by atoms with Gasteiger partial charge in [0.25, 0.3) is 0 Å². The van der Waals surface area contributed by atoms with Crippen LogP contribution in [0.15, 0.2) is 24.3 Å². The maximum atomic E-state index is 10.8. The predicted molar refractivity (Wildman–Crippen MR) is 48.0 cm³/mol. The third-order valence-corrected chi connectivity index (χ3v) is 2.43. The molecule has 1 unspecified atom stereocenters. The zero-order valence-electron chi connectivity index (χ0n) is 7.27. The van der Waals surface area contributed by atoms with Crippen molar-refractivity contribution in [2.45, 2.75) is 12.2 Å². The second-order valence-electron chi connectivity index (χ2n) is 3.15. The highest BCUT2D eigenvalue weighted by Gasteiger charge is 2.49. The van der Waals surface area contributed by atoms with Crippen molar-refractivity contribution in [3.05, 3.63) is 45.5 Å². The highest BCUT2D eigenvalue weighted by atomic mass is 16.6. The van der Waals surface area contributed by atoms with Crippen LogP contribution in [0.2, 0.25) is 0 Å². The second kappa shape index (κ2) is 2.88. The summed E-state index contributed by atoms with van der Waals surface area (Å²) in [5.41, 5.74) is -0.493. The van der Waals surface area contributed by atoms with Crippen LogP contribution in [-0.4, -0.2) is 11.2 Å². The predicted octanol–water partition coefficient (Wildman–Crippen LogP) is 0.418. The molecular formula is C9H8N2O3. The molecule has 1 aromatic carbocycles. The van der Waals surface area contributed by atoms with Gasteiger partial charge in [0.2, 0.25) is 6.29 Å². The standard InChI is InChI=1S/C9H8N2O3/c12-6-9(11(13)14)8-4-2-1-3-7(8)5-10-9/h1-4,6,10H,5H2. The molecule has 72 valence electrons. The summed E-state index contributed by atoms with van der Waals surface area (Å²) in [5, 5.41) is 13.4. The molecule has 0 aromatic heterocycles. The van der Waals surface area contributed by atoms with Crippen LogP contribution in [0.3, 0.4) is 0 Å². The van der Waals surface area contributed by atoms with Crippen LogP contribution in [-0.2, 0) is 17.0 Å². The summed E-state index contributed by atoms with van der Waals surface area (Å²) in [7, 11) is 0. The molecule has 2 rings (SSSR count). The van der Waals surface area contributed by atoms with Gasteiger partial charge < -0.3 is 0 Å². The molecule has 5 nitrogen and oxygen atoms in total. The van der Waals surface area contributed by atoms with E-state index in [1.165, 1.54) is 0 Å². The Hall–Kier alpha value is -1.75. The molecule has 0 bridgehead atoms. The topological polar surface area (TPSA) is 72.2 Å². The molecule has 0 aliphatic carbocycles. The number of aldehydes is 1. The van der Waals surface area contributed by atoms with Gasteiger partial charge in [-0.2, -0.15) is 0 Å². The van der Waals surface area contributed by atoms with Crippen molar-refractivity contribution in [3.8, 4) is 0 Å². The molecule has 1 atom stereocenters. The third kappa shape index (κ3) is 0.958. The Morgan fingerprint density at radius 1 is 1.50 bits per heavy atom. The molecule has 0 radical (unpaired) electrons. The second-order valence-corrected chi connectivity index (χ2v) is 3.15. The number of benzene rings is 1. The number of fused-ring (bicyclic) bond motifs is 1. The Morgan fingerprint density at radius 2 is 2.21 bits per heavy atom. The van der Waals surface area contributed by atoms with E-state index in [2.05, 4.69) is 5.32 Å². The molecule has 1 aliphatic heterocycles. The number of nitrogens with zero attached hydrogens (tertiary/aromatic N) is 1. The van der Waals surface area contributed by atoms with Gasteiger partial charge in [0.05, 0.1) is 10.5 Å². The van der Waals surface area contributed by atoms with E-state index >= 15 is 0 Å². The number of hydrogen-bond donors (Lipinski definition) is 1. The number of hydrogen-bond acceptors (Lipinski definition) is 4. The lowest BCUT2D eigenvalue weighted by atomic mass is 10.0. The summed E-state index contributed by atoms with van der Waals surface area (Å²) in [5.74, 6) is 0. The maximum absolute atomic E-state index is 10.8. The van der Waals surface area contributed by atoms with Crippen LogP contribution in [0, 0.1) is 10.1 Å². The molecule has 14 heavy (non-hydrogen) atoms. The van der Waals surface area contributed by atoms with Crippen LogP contribution in [0.4, 0.5) is 0 Å². The molecule has 1 aromatic rings. The summed E-state index contributed by atoms with van der Waals surface area (Å²) in [6, 6.07) is 6.86. The summed E-state index contributed by atoms with van der Waals surface area (Å²) in [6.07, 6.45) is 0.346. The van der Waals surface area contributed by atoms with E-state index in [9.17, 15) is 14.9 Å². The van der Waals surface area contributed by atoms with Gasteiger partial charge in [0.1, 0.15) is 0 Å². The Kier molecular flexibility index (Phi) is 1.82. The smallest absolute Gasteiger partial charge is 0.293 e. The summed E-state index contributed by atoms with van der Waals surface area (Å²) < 4.78 is 0. The lowest BCUT2D eigenvalue weighted by Crippen LogP contribution is -2.45. The van der Waals surface area contributed by atoms with Crippen molar-refractivity contribution in [1.29, 1.82) is 0 Å². The molecular weight excluding hydrogens is 184 g/mol. The first-order valence-corrected chi connectivity index (χ1v) is 4.15. The van der Waals surface area contributed by atoms with Crippen LogP contribution in [0.5, 0.6) is 0 Å². The number of carbonyl (C=O) groups excluding carboxylic acids is 1. The molecule has 1 heterocycles. The Balaban J connectivity index is 2.61. The third-order valence-electron chi connectivity index (χ3n) is 2.43. The first-order chi connectivity index (χ1) is 6.70. The van der Waals surface area contributed by atoms with E-state index in [1.54, 1.807) is 24.3 Å². The normalized spacial score (nSPS) is 24.3. The highest BCUT2D eigenvalue weighted by Crippen LogP contribution is 2.29. The summed E-state index contributed by atoms with van der Waals surface area (Å²) >= 11 is 0.